The van der Waals surface area contributed by atoms with Crippen molar-refractivity contribution in [2.24, 2.45) is 0 Å². The van der Waals surface area contributed by atoms with Gasteiger partial charge in [0.15, 0.2) is 0 Å². The van der Waals surface area contributed by atoms with Crippen LogP contribution in [0.25, 0.3) is 0 Å². The smallest absolute Gasteiger partial charge is 0.402 e. The summed E-state index contributed by atoms with van der Waals surface area (Å²) in [4.78, 5) is 14.0. The van der Waals surface area contributed by atoms with Gasteiger partial charge in [-0.1, -0.05) is 0 Å². The van der Waals surface area contributed by atoms with Crippen molar-refractivity contribution < 1.29 is 15.1 Å². The molecule has 0 aromatic heterocycles. The minimum absolute atomic E-state index is 2.17. The van der Waals surface area contributed by atoms with E-state index in [4.69, 9.17) is 25.0 Å². The van der Waals surface area contributed by atoms with E-state index >= 15 is 0 Å². The molecule has 0 atom stereocenters. The highest BCUT2D eigenvalue weighted by molar-refractivity contribution is 6.30. The van der Waals surface area contributed by atoms with Crippen molar-refractivity contribution in [3.05, 3.63) is 9.93 Å². The summed E-state index contributed by atoms with van der Waals surface area (Å²) >= 11 is 0. The first-order valence-electron chi connectivity index (χ1n) is 0.941. The van der Waals surface area contributed by atoms with E-state index in [1.807, 2.05) is 0 Å². The Morgan fingerprint density at radius 3 is 1.00 bits per heavy atom. The third-order valence-electron chi connectivity index (χ3n) is 0. The van der Waals surface area contributed by atoms with Gasteiger partial charge in [-0.25, -0.2) is 0 Å². The van der Waals surface area contributed by atoms with Gasteiger partial charge in [0.1, 0.15) is 0 Å². The van der Waals surface area contributed by atoms with Gasteiger partial charge in [0, 0.05) is 9.93 Å². The average Bonchev–Trinajstić information content (AvgIpc) is 1.41. The van der Waals surface area contributed by atoms with E-state index < -0.39 is 7.32 Å². The molecule has 0 aromatic rings. The Bertz CT molecular complexity index is 15.1. The van der Waals surface area contributed by atoms with Crippen molar-refractivity contribution >= 4 is 7.32 Å². The summed E-state index contributed by atoms with van der Waals surface area (Å²) in [6, 6.07) is 0. The van der Waals surface area contributed by atoms with Crippen LogP contribution in [-0.2, 0) is 0 Å². The molecule has 6 heteroatoms. The molecule has 6 heavy (non-hydrogen) atoms. The second-order valence-corrected chi connectivity index (χ2v) is 0.346. The van der Waals surface area contributed by atoms with Gasteiger partial charge < -0.3 is 15.1 Å². The lowest BCUT2D eigenvalue weighted by Crippen LogP contribution is -2.07. The minimum atomic E-state index is -2.17. The summed E-state index contributed by atoms with van der Waals surface area (Å²) in [5.41, 5.74) is 0. The number of hydrogen-bond acceptors (Lipinski definition) is 5. The molecular formula is H3BO5. The van der Waals surface area contributed by atoms with Gasteiger partial charge in [0.05, 0.1) is 0 Å². The van der Waals surface area contributed by atoms with Crippen molar-refractivity contribution in [3.63, 3.8) is 0 Å². The summed E-state index contributed by atoms with van der Waals surface area (Å²) < 4.78 is 0. The van der Waals surface area contributed by atoms with E-state index in [9.17, 15) is 0 Å². The highest BCUT2D eigenvalue weighted by atomic mass is 16.7. The van der Waals surface area contributed by atoms with Gasteiger partial charge in [0.2, 0.25) is 0 Å². The van der Waals surface area contributed by atoms with E-state index in [1.165, 1.54) is 0 Å². The fourth-order valence-electron chi connectivity index (χ4n) is 0. The van der Waals surface area contributed by atoms with Gasteiger partial charge in [-0.05, 0) is 0 Å². The number of hydrogen-bond donors (Lipinski definition) is 3. The quantitative estimate of drug-likeness (QED) is 0.302. The predicted octanol–water partition coefficient (Wildman–Crippen LogP) is -1.98. The second kappa shape index (κ2) is 8.82. The standard InChI is InChI=1S/BH3O3.O2/c2-1(3)4;1-2/h2-4H;. The molecule has 0 spiro atoms. The van der Waals surface area contributed by atoms with Crippen LogP contribution in [0.5, 0.6) is 0 Å². The molecule has 0 radical (unpaired) electrons. The molecule has 0 fully saturated rings. The molecule has 0 bridgehead atoms. The lowest BCUT2D eigenvalue weighted by atomic mass is 10.3. The molecule has 0 unspecified atom stereocenters. The number of rotatable bonds is 0. The molecule has 0 heterocycles. The van der Waals surface area contributed by atoms with E-state index in [0.717, 1.165) is 0 Å². The molecule has 0 rings (SSSR count). The van der Waals surface area contributed by atoms with Gasteiger partial charge in [-0.15, -0.1) is 0 Å². The molecular weight excluding hydrogens is 90.8 g/mol. The topological polar surface area (TPSA) is 94.8 Å². The Kier molecular flexibility index (Phi) is 13.4. The van der Waals surface area contributed by atoms with Crippen LogP contribution < -0.4 is 0 Å². The molecule has 0 aliphatic rings. The maximum absolute atomic E-state index is 7.17. The fraction of sp³-hybridized carbons (Fsp3) is 0. The van der Waals surface area contributed by atoms with Gasteiger partial charge in [0.25, 0.3) is 0 Å². The van der Waals surface area contributed by atoms with E-state index in [1.54, 1.807) is 0 Å². The molecule has 0 amide bonds. The van der Waals surface area contributed by atoms with Crippen LogP contribution in [0.3, 0.4) is 0 Å². The first kappa shape index (κ1) is 9.11. The van der Waals surface area contributed by atoms with Crippen LogP contribution in [0.4, 0.5) is 0 Å². The Balaban J connectivity index is 0. The van der Waals surface area contributed by atoms with E-state index in [-0.39, 0.29) is 0 Å². The largest absolute Gasteiger partial charge is 0.631 e. The van der Waals surface area contributed by atoms with Crippen molar-refractivity contribution in [2.75, 3.05) is 0 Å². The SMILES string of the molecule is O=O.OB(O)O. The summed E-state index contributed by atoms with van der Waals surface area (Å²) in [5.74, 6) is 0. The van der Waals surface area contributed by atoms with Crippen LogP contribution >= 0.6 is 0 Å². The zero-order chi connectivity index (χ0) is 5.58. The van der Waals surface area contributed by atoms with Crippen LogP contribution in [0.15, 0.2) is 0 Å². The first-order valence-corrected chi connectivity index (χ1v) is 0.941. The zero-order valence-electron chi connectivity index (χ0n) is 2.74. The van der Waals surface area contributed by atoms with Crippen molar-refractivity contribution in [1.29, 1.82) is 0 Å². The third kappa shape index (κ3) is 111. The molecule has 0 aromatic carbocycles. The molecule has 5 nitrogen and oxygen atoms in total. The molecule has 0 saturated heterocycles. The summed E-state index contributed by atoms with van der Waals surface area (Å²) in [6.07, 6.45) is 0. The zero-order valence-corrected chi connectivity index (χ0v) is 2.74. The molecule has 3 N–H and O–H groups in total. The second-order valence-electron chi connectivity index (χ2n) is 0.346. The Morgan fingerprint density at radius 2 is 1.00 bits per heavy atom. The van der Waals surface area contributed by atoms with Gasteiger partial charge >= 0.3 is 7.32 Å². The lowest BCUT2D eigenvalue weighted by Gasteiger charge is -1.69. The Labute approximate surface area is 33.6 Å². The van der Waals surface area contributed by atoms with Crippen molar-refractivity contribution in [3.8, 4) is 0 Å². The summed E-state index contributed by atoms with van der Waals surface area (Å²) in [6.45, 7) is 0. The average molecular weight is 93.8 g/mol. The van der Waals surface area contributed by atoms with Crippen LogP contribution in [-0.4, -0.2) is 22.4 Å². The molecule has 0 saturated carbocycles. The van der Waals surface area contributed by atoms with Crippen LogP contribution in [0.1, 0.15) is 0 Å². The fourth-order valence-corrected chi connectivity index (χ4v) is 0. The van der Waals surface area contributed by atoms with Gasteiger partial charge in [-0.2, -0.15) is 0 Å². The molecule has 0 aliphatic heterocycles. The highest BCUT2D eigenvalue weighted by Crippen LogP contribution is 1.40. The van der Waals surface area contributed by atoms with E-state index in [0.29, 0.717) is 0 Å². The maximum Gasteiger partial charge on any atom is 0.631 e. The minimum Gasteiger partial charge on any atom is -0.402 e. The predicted molar refractivity (Wildman–Crippen MR) is 19.1 cm³/mol. The molecule has 0 aliphatic carbocycles. The monoisotopic (exact) mass is 94.0 g/mol. The maximum atomic E-state index is 7.17. The Hall–Kier alpha value is -0.455. The van der Waals surface area contributed by atoms with Gasteiger partial charge in [-0.3, -0.25) is 0 Å². The van der Waals surface area contributed by atoms with Crippen LogP contribution in [0.2, 0.25) is 0 Å². The third-order valence-corrected chi connectivity index (χ3v) is 0. The first-order chi connectivity index (χ1) is 2.73. The Morgan fingerprint density at radius 1 is 1.00 bits per heavy atom. The highest BCUT2D eigenvalue weighted by Gasteiger charge is 1.92. The molecule has 36 valence electrons. The summed E-state index contributed by atoms with van der Waals surface area (Å²) in [5, 5.41) is 21.5. The van der Waals surface area contributed by atoms with Crippen molar-refractivity contribution in [2.45, 2.75) is 0 Å². The lowest BCUT2D eigenvalue weighted by molar-refractivity contribution is 0.278. The van der Waals surface area contributed by atoms with E-state index in [2.05, 4.69) is 0 Å². The summed E-state index contributed by atoms with van der Waals surface area (Å²) in [7, 11) is -2.17. The normalized spacial score (nSPS) is 5.17. The van der Waals surface area contributed by atoms with Crippen molar-refractivity contribution in [1.82, 2.24) is 0 Å². The van der Waals surface area contributed by atoms with Crippen LogP contribution in [0, 0.1) is 9.93 Å².